The predicted molar refractivity (Wildman–Crippen MR) is 114 cm³/mol. The molecule has 0 bridgehead atoms. The van der Waals surface area contributed by atoms with Crippen LogP contribution in [0, 0.1) is 5.41 Å². The van der Waals surface area contributed by atoms with Gasteiger partial charge < -0.3 is 9.84 Å². The summed E-state index contributed by atoms with van der Waals surface area (Å²) in [5.74, 6) is 0.452. The van der Waals surface area contributed by atoms with Gasteiger partial charge in [0.25, 0.3) is 0 Å². The topological polar surface area (TPSA) is 32.7 Å². The van der Waals surface area contributed by atoms with E-state index < -0.39 is 0 Å². The molecule has 1 aliphatic heterocycles. The summed E-state index contributed by atoms with van der Waals surface area (Å²) in [5.41, 5.74) is 3.92. The van der Waals surface area contributed by atoms with Crippen LogP contribution in [0.3, 0.4) is 0 Å². The number of nitrogens with zero attached hydrogens (tertiary/aromatic N) is 1. The second kappa shape index (κ2) is 7.20. The van der Waals surface area contributed by atoms with Crippen LogP contribution in [0.25, 0.3) is 0 Å². The summed E-state index contributed by atoms with van der Waals surface area (Å²) < 4.78 is 6.16. The lowest BCUT2D eigenvalue weighted by molar-refractivity contribution is 0.00734. The van der Waals surface area contributed by atoms with Crippen molar-refractivity contribution >= 4 is 0 Å². The fourth-order valence-electron chi connectivity index (χ4n) is 5.47. The zero-order valence-electron chi connectivity index (χ0n) is 17.6. The van der Waals surface area contributed by atoms with Crippen molar-refractivity contribution in [2.24, 2.45) is 5.41 Å². The maximum Gasteiger partial charge on any atom is 0.119 e. The molecule has 0 radical (unpaired) electrons. The molecule has 1 aliphatic carbocycles. The molecule has 1 N–H and O–H groups in total. The molecule has 28 heavy (non-hydrogen) atoms. The van der Waals surface area contributed by atoms with Gasteiger partial charge in [0, 0.05) is 12.6 Å². The van der Waals surface area contributed by atoms with Gasteiger partial charge in [0.1, 0.15) is 5.75 Å². The van der Waals surface area contributed by atoms with Crippen molar-refractivity contribution in [2.75, 3.05) is 13.1 Å². The summed E-state index contributed by atoms with van der Waals surface area (Å²) in [5, 5.41) is 10.5. The summed E-state index contributed by atoms with van der Waals surface area (Å²) >= 11 is 0. The van der Waals surface area contributed by atoms with Gasteiger partial charge >= 0.3 is 0 Å². The van der Waals surface area contributed by atoms with Crippen LogP contribution in [0.1, 0.15) is 50.8 Å². The average molecular weight is 380 g/mol. The van der Waals surface area contributed by atoms with Crippen molar-refractivity contribution in [2.45, 2.75) is 64.7 Å². The highest BCUT2D eigenvalue weighted by atomic mass is 16.5. The molecule has 150 valence electrons. The molecule has 2 aromatic carbocycles. The second-order valence-corrected chi connectivity index (χ2v) is 9.42. The van der Waals surface area contributed by atoms with E-state index in [4.69, 9.17) is 4.74 Å². The van der Waals surface area contributed by atoms with Crippen molar-refractivity contribution in [1.82, 2.24) is 4.90 Å². The fraction of sp³-hybridized carbons (Fsp3) is 0.520. The van der Waals surface area contributed by atoms with Gasteiger partial charge in [-0.25, -0.2) is 0 Å². The van der Waals surface area contributed by atoms with Crippen LogP contribution >= 0.6 is 0 Å². The smallest absolute Gasteiger partial charge is 0.119 e. The van der Waals surface area contributed by atoms with E-state index in [-0.39, 0.29) is 16.9 Å². The Labute approximate surface area is 169 Å². The molecule has 4 rings (SSSR count). The summed E-state index contributed by atoms with van der Waals surface area (Å²) in [6, 6.07) is 16.9. The summed E-state index contributed by atoms with van der Waals surface area (Å²) in [6.07, 6.45) is 2.29. The molecule has 0 saturated carbocycles. The molecule has 2 unspecified atom stereocenters. The van der Waals surface area contributed by atoms with Crippen molar-refractivity contribution < 1.29 is 9.84 Å². The van der Waals surface area contributed by atoms with E-state index in [0.717, 1.165) is 25.1 Å². The van der Waals surface area contributed by atoms with Gasteiger partial charge in [-0.1, -0.05) is 63.2 Å². The minimum atomic E-state index is 0.0346. The Morgan fingerprint density at radius 1 is 1.11 bits per heavy atom. The van der Waals surface area contributed by atoms with Crippen LogP contribution in [-0.4, -0.2) is 35.2 Å². The van der Waals surface area contributed by atoms with Crippen molar-refractivity contribution in [3.05, 3.63) is 65.2 Å². The maximum atomic E-state index is 10.5. The molecular formula is C25H33NO2. The van der Waals surface area contributed by atoms with Crippen LogP contribution < -0.4 is 0 Å². The van der Waals surface area contributed by atoms with Gasteiger partial charge in [0.15, 0.2) is 0 Å². The maximum absolute atomic E-state index is 10.5. The number of ether oxygens (including phenoxy) is 1. The largest absolute Gasteiger partial charge is 0.508 e. The highest BCUT2D eigenvalue weighted by Gasteiger charge is 2.56. The molecule has 2 aromatic rings. The molecule has 0 amide bonds. The summed E-state index contributed by atoms with van der Waals surface area (Å²) in [6.45, 7) is 12.0. The van der Waals surface area contributed by atoms with Crippen LogP contribution in [0.4, 0.5) is 0 Å². The van der Waals surface area contributed by atoms with Gasteiger partial charge in [0.2, 0.25) is 0 Å². The number of phenols is 1. The number of hydrogen-bond donors (Lipinski definition) is 1. The number of aromatic hydroxyl groups is 1. The Balaban J connectivity index is 1.50. The van der Waals surface area contributed by atoms with Gasteiger partial charge in [0.05, 0.1) is 12.7 Å². The molecule has 3 atom stereocenters. The predicted octanol–water partition coefficient (Wildman–Crippen LogP) is 4.91. The first-order valence-corrected chi connectivity index (χ1v) is 10.5. The number of rotatable bonds is 5. The Hall–Kier alpha value is -1.84. The molecule has 0 aromatic heterocycles. The number of phenolic OH excluding ortho intramolecular Hbond substituents is 1. The highest BCUT2D eigenvalue weighted by molar-refractivity contribution is 5.48. The van der Waals surface area contributed by atoms with E-state index in [1.807, 2.05) is 18.2 Å². The van der Waals surface area contributed by atoms with Crippen molar-refractivity contribution in [3.8, 4) is 5.75 Å². The third kappa shape index (κ3) is 3.15. The first-order valence-electron chi connectivity index (χ1n) is 10.5. The molecule has 1 saturated heterocycles. The van der Waals surface area contributed by atoms with Gasteiger partial charge in [-0.15, -0.1) is 0 Å². The van der Waals surface area contributed by atoms with E-state index in [2.05, 4.69) is 62.9 Å². The third-order valence-corrected chi connectivity index (χ3v) is 7.61. The van der Waals surface area contributed by atoms with Gasteiger partial charge in [-0.3, -0.25) is 4.90 Å². The fourth-order valence-corrected chi connectivity index (χ4v) is 5.47. The lowest BCUT2D eigenvalue weighted by Gasteiger charge is -2.52. The Morgan fingerprint density at radius 2 is 1.86 bits per heavy atom. The first-order chi connectivity index (χ1) is 13.3. The molecule has 3 nitrogen and oxygen atoms in total. The number of hydrogen-bond acceptors (Lipinski definition) is 3. The van der Waals surface area contributed by atoms with Crippen LogP contribution in [0.2, 0.25) is 0 Å². The van der Waals surface area contributed by atoms with Crippen LogP contribution in [-0.2, 0) is 23.2 Å². The second-order valence-electron chi connectivity index (χ2n) is 9.42. The first kappa shape index (κ1) is 19.5. The Kier molecular flexibility index (Phi) is 5.01. The van der Waals surface area contributed by atoms with Gasteiger partial charge in [-0.2, -0.15) is 0 Å². The Morgan fingerprint density at radius 3 is 2.61 bits per heavy atom. The zero-order valence-corrected chi connectivity index (χ0v) is 17.6. The standard InChI is InChI=1S/C25H33NO2/c1-18(28-17-19-9-6-5-7-10-19)16-26-14-13-25(4)23(26)15-20-21(24(25,2)3)11-8-12-22(20)27/h5-12,18,23,27H,13-17H2,1-4H3/t18-,23?,25?/m0/s1. The Bertz CT molecular complexity index is 832. The molecule has 1 fully saturated rings. The van der Waals surface area contributed by atoms with Gasteiger partial charge in [-0.05, 0) is 59.9 Å². The molecule has 3 heteroatoms. The van der Waals surface area contributed by atoms with E-state index in [1.165, 1.54) is 17.5 Å². The van der Waals surface area contributed by atoms with E-state index in [0.29, 0.717) is 18.4 Å². The third-order valence-electron chi connectivity index (χ3n) is 7.61. The van der Waals surface area contributed by atoms with Crippen molar-refractivity contribution in [3.63, 3.8) is 0 Å². The number of fused-ring (bicyclic) bond motifs is 2. The minimum absolute atomic E-state index is 0.0346. The summed E-state index contributed by atoms with van der Waals surface area (Å²) in [4.78, 5) is 2.60. The monoisotopic (exact) mass is 379 g/mol. The van der Waals surface area contributed by atoms with Crippen molar-refractivity contribution in [1.29, 1.82) is 0 Å². The van der Waals surface area contributed by atoms with E-state index in [1.54, 1.807) is 0 Å². The number of benzene rings is 2. The zero-order chi connectivity index (χ0) is 19.9. The van der Waals surface area contributed by atoms with Crippen LogP contribution in [0.5, 0.6) is 5.75 Å². The normalized spacial score (nSPS) is 27.2. The average Bonchev–Trinajstić information content (AvgIpc) is 3.00. The molecule has 2 aliphatic rings. The SMILES string of the molecule is C[C@@H](CN1CCC2(C)C1Cc1c(O)cccc1C2(C)C)OCc1ccccc1. The van der Waals surface area contributed by atoms with Crippen LogP contribution in [0.15, 0.2) is 48.5 Å². The summed E-state index contributed by atoms with van der Waals surface area (Å²) in [7, 11) is 0. The lowest BCUT2D eigenvalue weighted by Crippen LogP contribution is -2.54. The lowest BCUT2D eigenvalue weighted by atomic mass is 9.54. The molecular weight excluding hydrogens is 346 g/mol. The molecule has 0 spiro atoms. The van der Waals surface area contributed by atoms with E-state index in [9.17, 15) is 5.11 Å². The quantitative estimate of drug-likeness (QED) is 0.801. The minimum Gasteiger partial charge on any atom is -0.508 e. The highest BCUT2D eigenvalue weighted by Crippen LogP contribution is 2.57. The molecule has 1 heterocycles. The number of likely N-dealkylation sites (tertiary alicyclic amines) is 1. The van der Waals surface area contributed by atoms with E-state index >= 15 is 0 Å².